The van der Waals surface area contributed by atoms with Gasteiger partial charge in [0, 0.05) is 52.6 Å². The third-order valence-corrected chi connectivity index (χ3v) is 3.67. The molecule has 19 heavy (non-hydrogen) atoms. The van der Waals surface area contributed by atoms with Crippen LogP contribution in [0.15, 0.2) is 24.3 Å². The molecule has 0 amide bonds. The van der Waals surface area contributed by atoms with Crippen LogP contribution in [0, 0.1) is 6.92 Å². The lowest BCUT2D eigenvalue weighted by atomic mass is 10.2. The minimum absolute atomic E-state index is 0.120. The van der Waals surface area contributed by atoms with E-state index in [-0.39, 0.29) is 6.29 Å². The standard InChI is InChI=1S/C15H24N2O2/c1-13-5-4-6-14(11-13)17-9-7-16(8-10-17)12-15(18-2)19-3/h4-6,11,15H,7-10,12H2,1-3H3. The van der Waals surface area contributed by atoms with Gasteiger partial charge in [-0.1, -0.05) is 12.1 Å². The Morgan fingerprint density at radius 3 is 2.37 bits per heavy atom. The van der Waals surface area contributed by atoms with Crippen molar-refractivity contribution >= 4 is 5.69 Å². The molecule has 0 unspecified atom stereocenters. The average molecular weight is 264 g/mol. The summed E-state index contributed by atoms with van der Waals surface area (Å²) in [5.74, 6) is 0. The van der Waals surface area contributed by atoms with Crippen LogP contribution in [0.4, 0.5) is 5.69 Å². The molecule has 2 rings (SSSR count). The fraction of sp³-hybridized carbons (Fsp3) is 0.600. The van der Waals surface area contributed by atoms with Gasteiger partial charge in [0.1, 0.15) is 0 Å². The molecule has 4 nitrogen and oxygen atoms in total. The van der Waals surface area contributed by atoms with Gasteiger partial charge in [0.15, 0.2) is 6.29 Å². The number of piperazine rings is 1. The molecule has 1 fully saturated rings. The zero-order valence-corrected chi connectivity index (χ0v) is 12.1. The summed E-state index contributed by atoms with van der Waals surface area (Å²) in [6.07, 6.45) is -0.120. The molecule has 1 aromatic carbocycles. The Labute approximate surface area is 115 Å². The smallest absolute Gasteiger partial charge is 0.169 e. The van der Waals surface area contributed by atoms with Crippen LogP contribution in [0.5, 0.6) is 0 Å². The molecular formula is C15H24N2O2. The number of hydrogen-bond donors (Lipinski definition) is 0. The van der Waals surface area contributed by atoms with E-state index in [1.165, 1.54) is 11.3 Å². The number of nitrogens with zero attached hydrogens (tertiary/aromatic N) is 2. The second kappa shape index (κ2) is 6.89. The molecule has 0 bridgehead atoms. The van der Waals surface area contributed by atoms with E-state index >= 15 is 0 Å². The van der Waals surface area contributed by atoms with Crippen LogP contribution >= 0.6 is 0 Å². The van der Waals surface area contributed by atoms with E-state index in [2.05, 4.69) is 41.0 Å². The van der Waals surface area contributed by atoms with Crippen molar-refractivity contribution in [3.05, 3.63) is 29.8 Å². The highest BCUT2D eigenvalue weighted by atomic mass is 16.7. The van der Waals surface area contributed by atoms with Gasteiger partial charge < -0.3 is 14.4 Å². The SMILES string of the molecule is COC(CN1CCN(c2cccc(C)c2)CC1)OC. The first-order valence-electron chi connectivity index (χ1n) is 6.82. The van der Waals surface area contributed by atoms with Crippen LogP contribution in [0.3, 0.4) is 0 Å². The van der Waals surface area contributed by atoms with E-state index in [4.69, 9.17) is 9.47 Å². The molecule has 1 aromatic rings. The molecule has 106 valence electrons. The van der Waals surface area contributed by atoms with Crippen LogP contribution in [0.2, 0.25) is 0 Å². The third-order valence-electron chi connectivity index (χ3n) is 3.67. The molecule has 1 saturated heterocycles. The van der Waals surface area contributed by atoms with Gasteiger partial charge in [-0.15, -0.1) is 0 Å². The van der Waals surface area contributed by atoms with Crippen LogP contribution in [-0.4, -0.2) is 58.1 Å². The van der Waals surface area contributed by atoms with Gasteiger partial charge in [-0.3, -0.25) is 4.90 Å². The Morgan fingerprint density at radius 1 is 1.11 bits per heavy atom. The Balaban J connectivity index is 1.85. The first-order chi connectivity index (χ1) is 9.22. The van der Waals surface area contributed by atoms with Gasteiger partial charge >= 0.3 is 0 Å². The lowest BCUT2D eigenvalue weighted by Crippen LogP contribution is -2.49. The summed E-state index contributed by atoms with van der Waals surface area (Å²) in [7, 11) is 3.38. The lowest BCUT2D eigenvalue weighted by molar-refractivity contribution is -0.116. The van der Waals surface area contributed by atoms with Crippen molar-refractivity contribution in [1.82, 2.24) is 4.90 Å². The van der Waals surface area contributed by atoms with Crippen molar-refractivity contribution in [2.45, 2.75) is 13.2 Å². The summed E-state index contributed by atoms with van der Waals surface area (Å²) in [6, 6.07) is 8.71. The second-order valence-corrected chi connectivity index (χ2v) is 5.03. The van der Waals surface area contributed by atoms with E-state index in [0.717, 1.165) is 32.7 Å². The van der Waals surface area contributed by atoms with Crippen molar-refractivity contribution in [2.75, 3.05) is 51.8 Å². The van der Waals surface area contributed by atoms with Gasteiger partial charge in [-0.2, -0.15) is 0 Å². The van der Waals surface area contributed by atoms with Gasteiger partial charge in [0.05, 0.1) is 0 Å². The predicted octanol–water partition coefficient (Wildman–Crippen LogP) is 1.74. The molecule has 0 N–H and O–H groups in total. The van der Waals surface area contributed by atoms with Gasteiger partial charge in [0.25, 0.3) is 0 Å². The highest BCUT2D eigenvalue weighted by Crippen LogP contribution is 2.17. The Kier molecular flexibility index (Phi) is 5.19. The molecule has 4 heteroatoms. The Bertz CT molecular complexity index is 385. The fourth-order valence-corrected chi connectivity index (χ4v) is 2.47. The maximum Gasteiger partial charge on any atom is 0.169 e. The van der Waals surface area contributed by atoms with E-state index in [1.807, 2.05) is 0 Å². The highest BCUT2D eigenvalue weighted by molar-refractivity contribution is 5.48. The van der Waals surface area contributed by atoms with E-state index in [1.54, 1.807) is 14.2 Å². The molecule has 0 atom stereocenters. The Morgan fingerprint density at radius 2 is 1.79 bits per heavy atom. The first-order valence-corrected chi connectivity index (χ1v) is 6.82. The number of benzene rings is 1. The largest absolute Gasteiger partial charge is 0.369 e. The highest BCUT2D eigenvalue weighted by Gasteiger charge is 2.19. The monoisotopic (exact) mass is 264 g/mol. The van der Waals surface area contributed by atoms with Crippen molar-refractivity contribution in [2.24, 2.45) is 0 Å². The number of methoxy groups -OCH3 is 2. The van der Waals surface area contributed by atoms with Crippen molar-refractivity contribution in [3.63, 3.8) is 0 Å². The average Bonchev–Trinajstić information content (AvgIpc) is 2.45. The maximum atomic E-state index is 5.25. The first kappa shape index (κ1) is 14.3. The van der Waals surface area contributed by atoms with Crippen molar-refractivity contribution in [1.29, 1.82) is 0 Å². The van der Waals surface area contributed by atoms with Crippen LogP contribution < -0.4 is 4.90 Å². The van der Waals surface area contributed by atoms with Gasteiger partial charge in [-0.25, -0.2) is 0 Å². The molecule has 1 aliphatic heterocycles. The van der Waals surface area contributed by atoms with Gasteiger partial charge in [-0.05, 0) is 24.6 Å². The minimum atomic E-state index is -0.120. The normalized spacial score (nSPS) is 17.2. The predicted molar refractivity (Wildman–Crippen MR) is 77.6 cm³/mol. The summed E-state index contributed by atoms with van der Waals surface area (Å²) in [5, 5.41) is 0. The number of anilines is 1. The molecule has 0 saturated carbocycles. The third kappa shape index (κ3) is 3.93. The summed E-state index contributed by atoms with van der Waals surface area (Å²) < 4.78 is 10.5. The zero-order valence-electron chi connectivity index (χ0n) is 12.1. The van der Waals surface area contributed by atoms with Crippen LogP contribution in [-0.2, 0) is 9.47 Å². The minimum Gasteiger partial charge on any atom is -0.369 e. The maximum absolute atomic E-state index is 5.25. The quantitative estimate of drug-likeness (QED) is 0.756. The van der Waals surface area contributed by atoms with E-state index in [9.17, 15) is 0 Å². The molecule has 0 spiro atoms. The number of rotatable bonds is 5. The van der Waals surface area contributed by atoms with Crippen LogP contribution in [0.25, 0.3) is 0 Å². The second-order valence-electron chi connectivity index (χ2n) is 5.03. The van der Waals surface area contributed by atoms with E-state index < -0.39 is 0 Å². The fourth-order valence-electron chi connectivity index (χ4n) is 2.47. The van der Waals surface area contributed by atoms with Gasteiger partial charge in [0.2, 0.25) is 0 Å². The molecule has 0 aromatic heterocycles. The molecule has 1 heterocycles. The van der Waals surface area contributed by atoms with Crippen molar-refractivity contribution in [3.8, 4) is 0 Å². The summed E-state index contributed by atoms with van der Waals surface area (Å²) >= 11 is 0. The van der Waals surface area contributed by atoms with Crippen LogP contribution in [0.1, 0.15) is 5.56 Å². The number of ether oxygens (including phenoxy) is 2. The number of hydrogen-bond acceptors (Lipinski definition) is 4. The molecule has 0 radical (unpaired) electrons. The van der Waals surface area contributed by atoms with Crippen molar-refractivity contribution < 1.29 is 9.47 Å². The molecular weight excluding hydrogens is 240 g/mol. The summed E-state index contributed by atoms with van der Waals surface area (Å²) in [6.45, 7) is 7.21. The topological polar surface area (TPSA) is 24.9 Å². The number of aryl methyl sites for hydroxylation is 1. The summed E-state index contributed by atoms with van der Waals surface area (Å²) in [4.78, 5) is 4.84. The summed E-state index contributed by atoms with van der Waals surface area (Å²) in [5.41, 5.74) is 2.65. The lowest BCUT2D eigenvalue weighted by Gasteiger charge is -2.37. The van der Waals surface area contributed by atoms with E-state index in [0.29, 0.717) is 0 Å². The molecule has 1 aliphatic rings. The zero-order chi connectivity index (χ0) is 13.7. The molecule has 0 aliphatic carbocycles. The Hall–Kier alpha value is -1.10.